The number of aromatic nitrogens is 1. The number of hydrogen-bond acceptors (Lipinski definition) is 14. The number of anilines is 2. The number of unbranched alkanes of at least 4 members (excludes halogenated alkanes) is 2. The van der Waals surface area contributed by atoms with Crippen molar-refractivity contribution < 1.29 is 71.3 Å². The summed E-state index contributed by atoms with van der Waals surface area (Å²) in [6.07, 6.45) is 14.2. The normalized spacial score (nSPS) is 15.6. The summed E-state index contributed by atoms with van der Waals surface area (Å²) in [5.41, 5.74) is 7.44. The molecule has 1 aliphatic carbocycles. The zero-order valence-corrected chi connectivity index (χ0v) is 55.0. The van der Waals surface area contributed by atoms with Crippen LogP contribution in [-0.4, -0.2) is 93.5 Å². The summed E-state index contributed by atoms with van der Waals surface area (Å²) in [4.78, 5) is 29.1. The van der Waals surface area contributed by atoms with E-state index in [0.717, 1.165) is 57.4 Å². The summed E-state index contributed by atoms with van der Waals surface area (Å²) < 4.78 is 147. The number of aryl methyl sites for hydroxylation is 2. The first-order valence-corrected chi connectivity index (χ1v) is 35.5. The molecule has 1 unspecified atom stereocenters. The van der Waals surface area contributed by atoms with Gasteiger partial charge in [-0.2, -0.15) is 33.7 Å². The molecule has 20 nitrogen and oxygen atoms in total. The van der Waals surface area contributed by atoms with E-state index < -0.39 is 76.9 Å². The Bertz CT molecular complexity index is 4690. The van der Waals surface area contributed by atoms with E-state index in [1.165, 1.54) is 18.2 Å². The van der Waals surface area contributed by atoms with Gasteiger partial charge in [0.15, 0.2) is 0 Å². The third kappa shape index (κ3) is 15.4. The number of benzene rings is 6. The SMILES string of the molecule is C=C(/C=C/C=C/C=C1/N(CCCCCC(=O)NCc2ccc3c(c2)Cc2cc(OCCCNc4cc(C)ccn4)ccc2CC3CC(=O)O)c2ccc3c(S(=O)(=O)O)cc(S(=O)(=O)O)cc3c2C1(C)C)C(C)(C)c1c(C)ccc2c(S(=O)(=O)O)cc(S(=O)(=O)O)cc12. The molecular weight excluding hydrogens is 1260 g/mol. The Kier molecular flexibility index (Phi) is 19.9. The fourth-order valence-electron chi connectivity index (χ4n) is 12.7. The molecule has 0 bridgehead atoms. The smallest absolute Gasteiger partial charge is 0.303 e. The summed E-state index contributed by atoms with van der Waals surface area (Å²) in [6.45, 7) is 17.2. The van der Waals surface area contributed by atoms with Crippen LogP contribution < -0.4 is 20.3 Å². The van der Waals surface area contributed by atoms with E-state index in [2.05, 4.69) is 22.2 Å². The van der Waals surface area contributed by atoms with Gasteiger partial charge in [0.05, 0.1) is 22.8 Å². The van der Waals surface area contributed by atoms with Gasteiger partial charge in [-0.05, 0) is 179 Å². The van der Waals surface area contributed by atoms with Gasteiger partial charge in [-0.1, -0.05) is 107 Å². The number of carbonyl (C=O) groups excluding carboxylic acids is 1. The Balaban J connectivity index is 0.901. The van der Waals surface area contributed by atoms with Crippen LogP contribution in [-0.2, 0) is 80.3 Å². The lowest BCUT2D eigenvalue weighted by molar-refractivity contribution is -0.137. The van der Waals surface area contributed by atoms with Crippen LogP contribution in [0, 0.1) is 13.8 Å². The highest BCUT2D eigenvalue weighted by atomic mass is 32.2. The molecule has 0 saturated heterocycles. The second-order valence-corrected chi connectivity index (χ2v) is 30.1. The maximum Gasteiger partial charge on any atom is 0.303 e. The van der Waals surface area contributed by atoms with Crippen LogP contribution in [0.3, 0.4) is 0 Å². The monoisotopic (exact) mass is 1330 g/mol. The number of carboxylic acid groups (broad SMARTS) is 1. The number of carbonyl (C=O) groups is 2. The number of hydrogen-bond donors (Lipinski definition) is 7. The molecule has 0 radical (unpaired) electrons. The van der Waals surface area contributed by atoms with E-state index in [1.807, 2.05) is 80.3 Å². The van der Waals surface area contributed by atoms with Crippen molar-refractivity contribution in [1.82, 2.24) is 10.3 Å². The molecule has 1 amide bonds. The molecule has 1 atom stereocenters. The van der Waals surface area contributed by atoms with E-state index in [1.54, 1.807) is 63.4 Å². The average Bonchev–Trinajstić information content (AvgIpc) is 1.46. The zero-order valence-electron chi connectivity index (χ0n) is 51.7. The molecule has 0 saturated carbocycles. The largest absolute Gasteiger partial charge is 0.494 e. The molecule has 0 fully saturated rings. The Hall–Kier alpha value is -8.07. The quantitative estimate of drug-likeness (QED) is 0.0159. The van der Waals surface area contributed by atoms with Crippen molar-refractivity contribution in [2.75, 3.05) is 29.9 Å². The lowest BCUT2D eigenvalue weighted by Gasteiger charge is -2.30. The molecule has 7 aromatic rings. The predicted octanol–water partition coefficient (Wildman–Crippen LogP) is 12.1. The van der Waals surface area contributed by atoms with Crippen molar-refractivity contribution in [3.05, 3.63) is 202 Å². The molecule has 7 N–H and O–H groups in total. The van der Waals surface area contributed by atoms with Crippen LogP contribution >= 0.6 is 0 Å². The standard InChI is InChI=1S/C68H74N4O16S4/c1-42-26-28-70-62(31-42)69-27-14-30-88-50-21-20-46-33-49(36-64(74)75)53-23-19-45(32-48(53)34-47(46)35-50)41-71-63(73)17-12-9-13-29-72-58-25-24-55-57(38-52(90(79,80)81)40-60(55)92(85,86)87)66(58)68(6,7)61(72)16-11-8-10-15-44(3)67(4,5)65-43(2)18-22-54-56(65)37-51(89(76,77)78)39-59(54)91(82,83)84/h8,10-11,15-16,18-26,28,31-32,35,37-40,49H,3,9,12-14,17,27,29-30,33-34,36,41H2,1-2,4-7H3,(H,69,70)(H,71,73)(H,74,75)(H,76,77,78)(H,79,80,81)(H,82,83,84)(H,85,86,87)/b11-8+,15-10+,61-16+. The Labute approximate surface area is 536 Å². The molecular formula is C68H74N4O16S4. The summed E-state index contributed by atoms with van der Waals surface area (Å²) in [5.74, 6) is 0.216. The van der Waals surface area contributed by atoms with Crippen molar-refractivity contribution in [1.29, 1.82) is 0 Å². The molecule has 92 heavy (non-hydrogen) atoms. The van der Waals surface area contributed by atoms with E-state index >= 15 is 0 Å². The van der Waals surface area contributed by atoms with Gasteiger partial charge in [-0.15, -0.1) is 0 Å². The Morgan fingerprint density at radius 1 is 0.728 bits per heavy atom. The molecule has 486 valence electrons. The topological polar surface area (TPSA) is 321 Å². The first-order chi connectivity index (χ1) is 43.1. The van der Waals surface area contributed by atoms with E-state index in [4.69, 9.17) is 4.74 Å². The number of nitrogens with one attached hydrogen (secondary N) is 2. The van der Waals surface area contributed by atoms with Gasteiger partial charge >= 0.3 is 5.97 Å². The zero-order chi connectivity index (χ0) is 66.9. The van der Waals surface area contributed by atoms with Crippen molar-refractivity contribution >= 4 is 85.4 Å². The predicted molar refractivity (Wildman–Crippen MR) is 353 cm³/mol. The molecule has 6 aromatic carbocycles. The number of carboxylic acids is 1. The van der Waals surface area contributed by atoms with Crippen LogP contribution in [0.1, 0.15) is 122 Å². The lowest BCUT2D eigenvalue weighted by Crippen LogP contribution is -2.27. The van der Waals surface area contributed by atoms with E-state index in [0.29, 0.717) is 97.6 Å². The van der Waals surface area contributed by atoms with Crippen LogP contribution in [0.2, 0.25) is 0 Å². The molecule has 1 aromatic heterocycles. The van der Waals surface area contributed by atoms with Crippen molar-refractivity contribution in [3.8, 4) is 5.75 Å². The molecule has 24 heteroatoms. The lowest BCUT2D eigenvalue weighted by atomic mass is 9.74. The highest BCUT2D eigenvalue weighted by Gasteiger charge is 2.42. The van der Waals surface area contributed by atoms with Gasteiger partial charge in [0.1, 0.15) is 21.4 Å². The number of rotatable bonds is 25. The van der Waals surface area contributed by atoms with Crippen molar-refractivity contribution in [2.24, 2.45) is 0 Å². The summed E-state index contributed by atoms with van der Waals surface area (Å²) in [7, 11) is -19.9. The minimum Gasteiger partial charge on any atom is -0.494 e. The number of amides is 1. The molecule has 2 heterocycles. The number of allylic oxidation sites excluding steroid dienone is 7. The van der Waals surface area contributed by atoms with Gasteiger partial charge in [0, 0.05) is 65.2 Å². The maximum absolute atomic E-state index is 13.5. The highest BCUT2D eigenvalue weighted by Crippen LogP contribution is 2.52. The summed E-state index contributed by atoms with van der Waals surface area (Å²) >= 11 is 0. The number of ether oxygens (including phenoxy) is 1. The van der Waals surface area contributed by atoms with Crippen LogP contribution in [0.5, 0.6) is 5.75 Å². The summed E-state index contributed by atoms with van der Waals surface area (Å²) in [6, 6.07) is 25.8. The number of aliphatic carboxylic acids is 1. The molecule has 1 aliphatic heterocycles. The number of fused-ring (bicyclic) bond motifs is 6. The first-order valence-electron chi connectivity index (χ1n) is 29.8. The van der Waals surface area contributed by atoms with Crippen LogP contribution in [0.25, 0.3) is 21.5 Å². The second kappa shape index (κ2) is 26.9. The Morgan fingerprint density at radius 2 is 1.40 bits per heavy atom. The van der Waals surface area contributed by atoms with Crippen molar-refractivity contribution in [3.63, 3.8) is 0 Å². The second-order valence-electron chi connectivity index (χ2n) is 24.4. The minimum atomic E-state index is -5.01. The number of nitrogens with zero attached hydrogens (tertiary/aromatic N) is 2. The third-order valence-electron chi connectivity index (χ3n) is 17.2. The summed E-state index contributed by atoms with van der Waals surface area (Å²) in [5, 5.41) is 16.7. The first kappa shape index (κ1) is 68.3. The number of pyridine rings is 1. The van der Waals surface area contributed by atoms with Gasteiger partial charge in [0.25, 0.3) is 40.5 Å². The van der Waals surface area contributed by atoms with Gasteiger partial charge in [-0.3, -0.25) is 27.8 Å². The van der Waals surface area contributed by atoms with Crippen LogP contribution in [0.15, 0.2) is 171 Å². The maximum atomic E-state index is 13.5. The van der Waals surface area contributed by atoms with Gasteiger partial charge in [0.2, 0.25) is 5.91 Å². The fourth-order valence-corrected chi connectivity index (χ4v) is 15.3. The van der Waals surface area contributed by atoms with Crippen molar-refractivity contribution in [2.45, 2.75) is 136 Å². The minimum absolute atomic E-state index is 0.0224. The third-order valence-corrected chi connectivity index (χ3v) is 20.7. The Morgan fingerprint density at radius 3 is 2.07 bits per heavy atom. The van der Waals surface area contributed by atoms with Gasteiger partial charge < -0.3 is 25.4 Å². The molecule has 9 rings (SSSR count). The average molecular weight is 1330 g/mol. The molecule has 0 spiro atoms. The molecule has 2 aliphatic rings. The highest BCUT2D eigenvalue weighted by molar-refractivity contribution is 7.87. The van der Waals surface area contributed by atoms with Crippen LogP contribution in [0.4, 0.5) is 11.5 Å². The van der Waals surface area contributed by atoms with E-state index in [-0.39, 0.29) is 52.8 Å². The fraction of sp³-hybridized carbons (Fsp3) is 0.309. The van der Waals surface area contributed by atoms with Gasteiger partial charge in [-0.25, -0.2) is 4.98 Å². The van der Waals surface area contributed by atoms with E-state index in [9.17, 15) is 66.6 Å².